The molecule has 0 bridgehead atoms. The Morgan fingerprint density at radius 2 is 2.00 bits per heavy atom. The maximum atomic E-state index is 12.1. The monoisotopic (exact) mass is 317 g/mol. The second-order valence-electron chi connectivity index (χ2n) is 4.77. The average molecular weight is 319 g/mol. The number of amides is 1. The van der Waals surface area contributed by atoms with E-state index in [4.69, 9.17) is 11.6 Å². The maximum absolute atomic E-state index is 12.1. The molecule has 0 atom stereocenters. The van der Waals surface area contributed by atoms with Crippen LogP contribution in [-0.2, 0) is 11.3 Å². The van der Waals surface area contributed by atoms with E-state index >= 15 is 0 Å². The highest BCUT2D eigenvalue weighted by molar-refractivity contribution is 9.10. The number of benzene rings is 1. The second-order valence-corrected chi connectivity index (χ2v) is 5.89. The number of hydrogen-bond acceptors (Lipinski definition) is 1. The van der Waals surface area contributed by atoms with Gasteiger partial charge in [0.1, 0.15) is 0 Å². The van der Waals surface area contributed by atoms with Gasteiger partial charge in [0.05, 0.1) is 5.41 Å². The van der Waals surface area contributed by atoms with Crippen molar-refractivity contribution in [3.8, 4) is 0 Å². The van der Waals surface area contributed by atoms with Gasteiger partial charge < -0.3 is 4.90 Å². The first kappa shape index (κ1) is 14.5. The minimum Gasteiger partial charge on any atom is -0.341 e. The lowest BCUT2D eigenvalue weighted by Gasteiger charge is -2.27. The fourth-order valence-electron chi connectivity index (χ4n) is 1.53. The Labute approximate surface area is 116 Å². The third-order valence-electron chi connectivity index (χ3n) is 2.63. The molecule has 1 aromatic carbocycles. The molecule has 1 amide bonds. The summed E-state index contributed by atoms with van der Waals surface area (Å²) in [6.45, 7) is 4.30. The Kier molecular flexibility index (Phi) is 5.02. The predicted octanol–water partition coefficient (Wildman–Crippen LogP) is 3.67. The van der Waals surface area contributed by atoms with E-state index in [-0.39, 0.29) is 5.91 Å². The van der Waals surface area contributed by atoms with Gasteiger partial charge in [0.25, 0.3) is 0 Å². The molecule has 0 aromatic heterocycles. The van der Waals surface area contributed by atoms with Gasteiger partial charge in [-0.1, -0.05) is 34.1 Å². The average Bonchev–Trinajstić information content (AvgIpc) is 2.31. The van der Waals surface area contributed by atoms with Crippen molar-refractivity contribution in [3.05, 3.63) is 34.3 Å². The zero-order valence-corrected chi connectivity index (χ0v) is 12.7. The minimum atomic E-state index is -0.516. The third-order valence-corrected chi connectivity index (χ3v) is 4.07. The normalized spacial score (nSPS) is 11.4. The Hall–Kier alpha value is -0.540. The molecule has 4 heteroatoms. The van der Waals surface area contributed by atoms with E-state index in [9.17, 15) is 4.79 Å². The van der Waals surface area contributed by atoms with Crippen LogP contribution in [0.15, 0.2) is 28.7 Å². The first-order chi connectivity index (χ1) is 7.88. The van der Waals surface area contributed by atoms with Gasteiger partial charge in [0.15, 0.2) is 0 Å². The van der Waals surface area contributed by atoms with Crippen molar-refractivity contribution < 1.29 is 4.79 Å². The molecule has 0 saturated heterocycles. The van der Waals surface area contributed by atoms with Gasteiger partial charge in [-0.25, -0.2) is 0 Å². The molecule has 0 fully saturated rings. The summed E-state index contributed by atoms with van der Waals surface area (Å²) >= 11 is 9.29. The van der Waals surface area contributed by atoms with Crippen molar-refractivity contribution in [2.75, 3.05) is 12.9 Å². The first-order valence-electron chi connectivity index (χ1n) is 5.43. The van der Waals surface area contributed by atoms with Gasteiger partial charge in [0, 0.05) is 23.9 Å². The number of hydrogen-bond donors (Lipinski definition) is 0. The molecule has 0 spiro atoms. The number of carbonyl (C=O) groups is 1. The molecular weight excluding hydrogens is 302 g/mol. The third kappa shape index (κ3) is 3.71. The molecular formula is C13H17BrClNO. The molecule has 1 rings (SSSR count). The largest absolute Gasteiger partial charge is 0.341 e. The van der Waals surface area contributed by atoms with Gasteiger partial charge in [0.2, 0.25) is 5.91 Å². The van der Waals surface area contributed by atoms with Crippen LogP contribution in [0.2, 0.25) is 0 Å². The lowest BCUT2D eigenvalue weighted by atomic mass is 9.94. The van der Waals surface area contributed by atoms with Crippen LogP contribution < -0.4 is 0 Å². The maximum Gasteiger partial charge on any atom is 0.229 e. The minimum absolute atomic E-state index is 0.0586. The summed E-state index contributed by atoms with van der Waals surface area (Å²) in [5, 5.41) is 0. The quantitative estimate of drug-likeness (QED) is 0.776. The molecule has 2 nitrogen and oxygen atoms in total. The number of halogens is 2. The molecule has 0 heterocycles. The van der Waals surface area contributed by atoms with E-state index in [0.717, 1.165) is 10.0 Å². The zero-order chi connectivity index (χ0) is 13.1. The molecule has 0 N–H and O–H groups in total. The Balaban J connectivity index is 2.77. The fourth-order valence-corrected chi connectivity index (χ4v) is 2.05. The topological polar surface area (TPSA) is 20.3 Å². The van der Waals surface area contributed by atoms with Crippen LogP contribution in [0.25, 0.3) is 0 Å². The summed E-state index contributed by atoms with van der Waals surface area (Å²) < 4.78 is 1.02. The smallest absolute Gasteiger partial charge is 0.229 e. The molecule has 1 aromatic rings. The van der Waals surface area contributed by atoms with E-state index in [0.29, 0.717) is 12.4 Å². The van der Waals surface area contributed by atoms with Crippen LogP contribution in [0.4, 0.5) is 0 Å². The number of nitrogens with zero attached hydrogens (tertiary/aromatic N) is 1. The summed E-state index contributed by atoms with van der Waals surface area (Å²) in [5.74, 6) is 0.384. The molecule has 0 aliphatic carbocycles. The SMILES string of the molecule is CN(Cc1ccccc1Br)C(=O)C(C)(C)CCl. The summed E-state index contributed by atoms with van der Waals surface area (Å²) in [4.78, 5) is 13.8. The van der Waals surface area contributed by atoms with E-state index in [1.54, 1.807) is 11.9 Å². The standard InChI is InChI=1S/C13H17BrClNO/c1-13(2,9-15)12(17)16(3)8-10-6-4-5-7-11(10)14/h4-7H,8-9H2,1-3H3. The van der Waals surface area contributed by atoms with Gasteiger partial charge in [-0.05, 0) is 25.5 Å². The molecule has 0 saturated carbocycles. The fraction of sp³-hybridized carbons (Fsp3) is 0.462. The summed E-state index contributed by atoms with van der Waals surface area (Å²) in [5.41, 5.74) is 0.575. The molecule has 0 aliphatic rings. The van der Waals surface area contributed by atoms with Gasteiger partial charge in [-0.15, -0.1) is 11.6 Å². The van der Waals surface area contributed by atoms with Gasteiger partial charge >= 0.3 is 0 Å². The van der Waals surface area contributed by atoms with Crippen molar-refractivity contribution >= 4 is 33.4 Å². The number of carbonyl (C=O) groups excluding carboxylic acids is 1. The van der Waals surface area contributed by atoms with Crippen molar-refractivity contribution in [1.29, 1.82) is 0 Å². The lowest BCUT2D eigenvalue weighted by Crippen LogP contribution is -2.39. The molecule has 0 unspecified atom stereocenters. The Morgan fingerprint density at radius 3 is 2.53 bits per heavy atom. The zero-order valence-electron chi connectivity index (χ0n) is 10.3. The van der Waals surface area contributed by atoms with E-state index in [1.165, 1.54) is 0 Å². The highest BCUT2D eigenvalue weighted by atomic mass is 79.9. The lowest BCUT2D eigenvalue weighted by molar-refractivity contribution is -0.138. The summed E-state index contributed by atoms with van der Waals surface area (Å²) in [6.07, 6.45) is 0. The molecule has 17 heavy (non-hydrogen) atoms. The molecule has 0 radical (unpaired) electrons. The van der Waals surface area contributed by atoms with Crippen molar-refractivity contribution in [1.82, 2.24) is 4.90 Å². The van der Waals surface area contributed by atoms with Crippen molar-refractivity contribution in [2.45, 2.75) is 20.4 Å². The van der Waals surface area contributed by atoms with Crippen LogP contribution in [-0.4, -0.2) is 23.7 Å². The van der Waals surface area contributed by atoms with Crippen LogP contribution >= 0.6 is 27.5 Å². The van der Waals surface area contributed by atoms with Crippen molar-refractivity contribution in [3.63, 3.8) is 0 Å². The van der Waals surface area contributed by atoms with E-state index in [1.807, 2.05) is 38.1 Å². The van der Waals surface area contributed by atoms with E-state index < -0.39 is 5.41 Å². The first-order valence-corrected chi connectivity index (χ1v) is 6.76. The predicted molar refractivity (Wildman–Crippen MR) is 75.1 cm³/mol. The van der Waals surface area contributed by atoms with Crippen LogP contribution in [0.1, 0.15) is 19.4 Å². The van der Waals surface area contributed by atoms with Crippen LogP contribution in [0.3, 0.4) is 0 Å². The van der Waals surface area contributed by atoms with E-state index in [2.05, 4.69) is 15.9 Å². The van der Waals surface area contributed by atoms with Crippen LogP contribution in [0, 0.1) is 5.41 Å². The Bertz CT molecular complexity index is 406. The molecule has 94 valence electrons. The molecule has 0 aliphatic heterocycles. The summed E-state index contributed by atoms with van der Waals surface area (Å²) in [6, 6.07) is 7.89. The highest BCUT2D eigenvalue weighted by Gasteiger charge is 2.29. The van der Waals surface area contributed by atoms with Crippen molar-refractivity contribution in [2.24, 2.45) is 5.41 Å². The van der Waals surface area contributed by atoms with Gasteiger partial charge in [-0.3, -0.25) is 4.79 Å². The Morgan fingerprint density at radius 1 is 1.41 bits per heavy atom. The number of rotatable bonds is 4. The van der Waals surface area contributed by atoms with Crippen LogP contribution in [0.5, 0.6) is 0 Å². The number of alkyl halides is 1. The highest BCUT2D eigenvalue weighted by Crippen LogP contribution is 2.23. The second kappa shape index (κ2) is 5.87. The summed E-state index contributed by atoms with van der Waals surface area (Å²) in [7, 11) is 1.80. The van der Waals surface area contributed by atoms with Gasteiger partial charge in [-0.2, -0.15) is 0 Å².